The van der Waals surface area contributed by atoms with Gasteiger partial charge in [-0.25, -0.2) is 0 Å². The van der Waals surface area contributed by atoms with E-state index in [0.717, 1.165) is 19.3 Å². The van der Waals surface area contributed by atoms with Crippen molar-refractivity contribution >= 4 is 8.25 Å². The van der Waals surface area contributed by atoms with E-state index >= 15 is 0 Å². The van der Waals surface area contributed by atoms with Gasteiger partial charge in [0.05, 0.1) is 0 Å². The Balaban J connectivity index is 3.18. The van der Waals surface area contributed by atoms with Gasteiger partial charge in [0.2, 0.25) is 0 Å². The van der Waals surface area contributed by atoms with Crippen molar-refractivity contribution < 1.29 is 13.6 Å². The molecule has 0 bridgehead atoms. The van der Waals surface area contributed by atoms with Gasteiger partial charge in [0.1, 0.15) is 13.2 Å². The van der Waals surface area contributed by atoms with Crippen molar-refractivity contribution in [2.75, 3.05) is 13.2 Å². The minimum Gasteiger partial charge on any atom is -0.119 e. The average molecular weight is 486 g/mol. The Morgan fingerprint density at radius 3 is 1.12 bits per heavy atom. The first kappa shape index (κ1) is 32.8. The van der Waals surface area contributed by atoms with Crippen molar-refractivity contribution in [3.63, 3.8) is 0 Å². The summed E-state index contributed by atoms with van der Waals surface area (Å²) in [7, 11) is -1.92. The SMILES string of the molecule is CCCCCCC/C=C\CCCCCCCCO[P+](=O)OCCCCCCCCCCCC. The lowest BCUT2D eigenvalue weighted by Gasteiger charge is -2.01. The van der Waals surface area contributed by atoms with Gasteiger partial charge in [-0.3, -0.25) is 0 Å². The van der Waals surface area contributed by atoms with E-state index in [1.54, 1.807) is 0 Å². The zero-order valence-electron chi connectivity index (χ0n) is 22.5. The van der Waals surface area contributed by atoms with Gasteiger partial charge < -0.3 is 0 Å². The van der Waals surface area contributed by atoms with Crippen LogP contribution >= 0.6 is 8.25 Å². The lowest BCUT2D eigenvalue weighted by Crippen LogP contribution is -1.92. The summed E-state index contributed by atoms with van der Waals surface area (Å²) < 4.78 is 22.4. The zero-order chi connectivity index (χ0) is 24.1. The van der Waals surface area contributed by atoms with Gasteiger partial charge >= 0.3 is 8.25 Å². The third kappa shape index (κ3) is 29.7. The predicted molar refractivity (Wildman–Crippen MR) is 146 cm³/mol. The second-order valence-corrected chi connectivity index (χ2v) is 10.6. The second kappa shape index (κ2) is 29.8. The number of hydrogen-bond acceptors (Lipinski definition) is 3. The Labute approximate surface area is 208 Å². The highest BCUT2D eigenvalue weighted by Crippen LogP contribution is 2.25. The van der Waals surface area contributed by atoms with Crippen LogP contribution in [0.15, 0.2) is 12.2 Å². The van der Waals surface area contributed by atoms with Crippen molar-refractivity contribution in [1.29, 1.82) is 0 Å². The van der Waals surface area contributed by atoms with Crippen LogP contribution in [0, 0.1) is 0 Å². The van der Waals surface area contributed by atoms with E-state index in [9.17, 15) is 4.57 Å². The highest BCUT2D eigenvalue weighted by molar-refractivity contribution is 7.33. The normalized spacial score (nSPS) is 12.1. The van der Waals surface area contributed by atoms with Crippen LogP contribution in [0.5, 0.6) is 0 Å². The summed E-state index contributed by atoms with van der Waals surface area (Å²) in [6.07, 6.45) is 34.4. The van der Waals surface area contributed by atoms with Crippen LogP contribution in [0.3, 0.4) is 0 Å². The van der Waals surface area contributed by atoms with Gasteiger partial charge in [-0.2, -0.15) is 0 Å². The van der Waals surface area contributed by atoms with Crippen LogP contribution in [0.25, 0.3) is 0 Å². The highest BCUT2D eigenvalue weighted by Gasteiger charge is 2.18. The first-order chi connectivity index (χ1) is 16.3. The summed E-state index contributed by atoms with van der Waals surface area (Å²) in [5.74, 6) is 0. The fourth-order valence-corrected chi connectivity index (χ4v) is 4.71. The quantitative estimate of drug-likeness (QED) is 0.0628. The van der Waals surface area contributed by atoms with Crippen molar-refractivity contribution in [3.05, 3.63) is 12.2 Å². The van der Waals surface area contributed by atoms with Crippen molar-refractivity contribution in [3.8, 4) is 0 Å². The molecule has 3 nitrogen and oxygen atoms in total. The molecule has 0 saturated heterocycles. The summed E-state index contributed by atoms with van der Waals surface area (Å²) in [6.45, 7) is 5.67. The summed E-state index contributed by atoms with van der Waals surface area (Å²) >= 11 is 0. The molecule has 0 rings (SSSR count). The van der Waals surface area contributed by atoms with Gasteiger partial charge in [0.15, 0.2) is 0 Å². The molecule has 0 amide bonds. The van der Waals surface area contributed by atoms with Crippen molar-refractivity contribution in [2.24, 2.45) is 0 Å². The molecule has 0 saturated carbocycles. The van der Waals surface area contributed by atoms with Gasteiger partial charge in [-0.15, -0.1) is 9.05 Å². The molecule has 0 aliphatic rings. The average Bonchev–Trinajstić information content (AvgIpc) is 2.82. The maximum Gasteiger partial charge on any atom is 0.697 e. The molecule has 1 atom stereocenters. The number of hydrogen-bond donors (Lipinski definition) is 0. The monoisotopic (exact) mass is 485 g/mol. The summed E-state index contributed by atoms with van der Waals surface area (Å²) in [4.78, 5) is 0. The van der Waals surface area contributed by atoms with Crippen LogP contribution in [0.2, 0.25) is 0 Å². The van der Waals surface area contributed by atoms with E-state index in [1.165, 1.54) is 128 Å². The Hall–Kier alpha value is -0.240. The predicted octanol–water partition coefficient (Wildman–Crippen LogP) is 11.2. The van der Waals surface area contributed by atoms with Crippen LogP contribution in [0.4, 0.5) is 0 Å². The molecule has 1 unspecified atom stereocenters. The summed E-state index contributed by atoms with van der Waals surface area (Å²) in [6, 6.07) is 0. The molecule has 0 aliphatic carbocycles. The van der Waals surface area contributed by atoms with Crippen LogP contribution in [-0.4, -0.2) is 13.2 Å². The Bertz CT molecular complexity index is 412. The smallest absolute Gasteiger partial charge is 0.119 e. The molecule has 0 spiro atoms. The highest BCUT2D eigenvalue weighted by atomic mass is 31.1. The topological polar surface area (TPSA) is 35.5 Å². The van der Waals surface area contributed by atoms with E-state index in [-0.39, 0.29) is 0 Å². The lowest BCUT2D eigenvalue weighted by molar-refractivity contribution is 0.218. The van der Waals surface area contributed by atoms with Crippen LogP contribution < -0.4 is 0 Å². The molecule has 33 heavy (non-hydrogen) atoms. The van der Waals surface area contributed by atoms with Crippen molar-refractivity contribution in [1.82, 2.24) is 0 Å². The molecule has 196 valence electrons. The number of rotatable bonds is 28. The fourth-order valence-electron chi connectivity index (χ4n) is 4.08. The standard InChI is InChI=1S/C29H58O3P/c1-3-5-7-9-11-13-15-16-17-18-19-21-23-25-27-29-32-33(30)31-28-26-24-22-20-14-12-10-8-6-4-2/h15-16H,3-14,17-29H2,1-2H3/q+1/b16-15-. The molecular formula is C29H58O3P+. The third-order valence-electron chi connectivity index (χ3n) is 6.30. The van der Waals surface area contributed by atoms with E-state index in [4.69, 9.17) is 9.05 Å². The molecule has 0 N–H and O–H groups in total. The molecule has 0 aromatic rings. The van der Waals surface area contributed by atoms with Crippen LogP contribution in [-0.2, 0) is 13.6 Å². The first-order valence-electron chi connectivity index (χ1n) is 14.7. The second-order valence-electron chi connectivity index (χ2n) is 9.66. The Kier molecular flexibility index (Phi) is 29.6. The number of allylic oxidation sites excluding steroid dienone is 2. The molecule has 4 heteroatoms. The first-order valence-corrected chi connectivity index (χ1v) is 15.8. The summed E-state index contributed by atoms with van der Waals surface area (Å²) in [5.41, 5.74) is 0. The molecule has 0 radical (unpaired) electrons. The minimum absolute atomic E-state index is 0.564. The third-order valence-corrected chi connectivity index (χ3v) is 7.08. The molecule has 0 aromatic heterocycles. The Morgan fingerprint density at radius 1 is 0.455 bits per heavy atom. The Morgan fingerprint density at radius 2 is 0.758 bits per heavy atom. The van der Waals surface area contributed by atoms with Gasteiger partial charge in [0.25, 0.3) is 0 Å². The zero-order valence-corrected chi connectivity index (χ0v) is 23.4. The van der Waals surface area contributed by atoms with E-state index < -0.39 is 8.25 Å². The maximum absolute atomic E-state index is 11.7. The molecule has 0 aliphatic heterocycles. The lowest BCUT2D eigenvalue weighted by atomic mass is 10.1. The molecule has 0 aromatic carbocycles. The molecular weight excluding hydrogens is 427 g/mol. The summed E-state index contributed by atoms with van der Waals surface area (Å²) in [5, 5.41) is 0. The minimum atomic E-state index is -1.92. The van der Waals surface area contributed by atoms with Crippen LogP contribution in [0.1, 0.15) is 162 Å². The fraction of sp³-hybridized carbons (Fsp3) is 0.931. The van der Waals surface area contributed by atoms with E-state index in [0.29, 0.717) is 13.2 Å². The molecule has 0 heterocycles. The van der Waals surface area contributed by atoms with E-state index in [2.05, 4.69) is 26.0 Å². The number of unbranched alkanes of at least 4 members (excludes halogenated alkanes) is 20. The largest absolute Gasteiger partial charge is 0.697 e. The van der Waals surface area contributed by atoms with E-state index in [1.807, 2.05) is 0 Å². The van der Waals surface area contributed by atoms with Gasteiger partial charge in [-0.1, -0.05) is 135 Å². The van der Waals surface area contributed by atoms with Crippen molar-refractivity contribution in [2.45, 2.75) is 162 Å². The van der Waals surface area contributed by atoms with Gasteiger partial charge in [-0.05, 0) is 38.5 Å². The maximum atomic E-state index is 11.7. The van der Waals surface area contributed by atoms with Gasteiger partial charge in [0, 0.05) is 4.57 Å². The molecule has 0 fully saturated rings.